The smallest absolute Gasteiger partial charge is 0.109 e. The molecule has 0 aliphatic carbocycles. The van der Waals surface area contributed by atoms with Crippen molar-refractivity contribution in [2.24, 2.45) is 18.7 Å². The summed E-state index contributed by atoms with van der Waals surface area (Å²) >= 11 is 6.19. The molecule has 0 radical (unpaired) electrons. The van der Waals surface area contributed by atoms with E-state index in [1.165, 1.54) is 0 Å². The number of nitrogens with two attached hydrogens (primary N) is 1. The summed E-state index contributed by atoms with van der Waals surface area (Å²) in [4.78, 5) is 4.63. The maximum atomic E-state index is 6.19. The van der Waals surface area contributed by atoms with Crippen LogP contribution in [0.15, 0.2) is 18.2 Å². The van der Waals surface area contributed by atoms with E-state index < -0.39 is 0 Å². The molecule has 0 spiro atoms. The maximum Gasteiger partial charge on any atom is 0.109 e. The van der Waals surface area contributed by atoms with Gasteiger partial charge in [0.05, 0.1) is 16.1 Å². The van der Waals surface area contributed by atoms with Crippen molar-refractivity contribution in [1.29, 1.82) is 0 Å². The van der Waals surface area contributed by atoms with Crippen LogP contribution in [0.5, 0.6) is 0 Å². The molecule has 2 aromatic rings. The van der Waals surface area contributed by atoms with Crippen molar-refractivity contribution >= 4 is 22.6 Å². The van der Waals surface area contributed by atoms with Gasteiger partial charge in [-0.3, -0.25) is 0 Å². The van der Waals surface area contributed by atoms with Crippen molar-refractivity contribution in [3.8, 4) is 0 Å². The third-order valence-corrected chi connectivity index (χ3v) is 3.62. The Morgan fingerprint density at radius 1 is 1.47 bits per heavy atom. The molecule has 1 aromatic carbocycles. The molecule has 3 nitrogen and oxygen atoms in total. The highest BCUT2D eigenvalue weighted by Crippen LogP contribution is 2.24. The maximum absolute atomic E-state index is 6.19. The minimum absolute atomic E-state index is 0.490. The van der Waals surface area contributed by atoms with Crippen LogP contribution >= 0.6 is 11.6 Å². The van der Waals surface area contributed by atoms with Crippen molar-refractivity contribution in [3.63, 3.8) is 0 Å². The van der Waals surface area contributed by atoms with E-state index in [2.05, 4.69) is 16.5 Å². The number of hydrogen-bond acceptors (Lipinski definition) is 2. The molecule has 0 saturated heterocycles. The van der Waals surface area contributed by atoms with Crippen molar-refractivity contribution < 1.29 is 0 Å². The summed E-state index contributed by atoms with van der Waals surface area (Å²) in [6.45, 7) is 2.86. The van der Waals surface area contributed by atoms with Gasteiger partial charge in [-0.15, -0.1) is 0 Å². The van der Waals surface area contributed by atoms with Crippen LogP contribution in [0.4, 0.5) is 0 Å². The highest BCUT2D eigenvalue weighted by molar-refractivity contribution is 6.35. The number of nitrogens with zero attached hydrogens (tertiary/aromatic N) is 2. The van der Waals surface area contributed by atoms with Crippen LogP contribution in [0.25, 0.3) is 11.0 Å². The Morgan fingerprint density at radius 3 is 2.82 bits per heavy atom. The Hall–Kier alpha value is -1.06. The number of hydrogen-bond donors (Lipinski definition) is 1. The number of benzene rings is 1. The number of halogens is 1. The Morgan fingerprint density at radius 2 is 2.24 bits per heavy atom. The molecule has 92 valence electrons. The largest absolute Gasteiger partial charge is 0.330 e. The van der Waals surface area contributed by atoms with Gasteiger partial charge in [0.1, 0.15) is 5.82 Å². The van der Waals surface area contributed by atoms with Crippen molar-refractivity contribution in [1.82, 2.24) is 9.55 Å². The van der Waals surface area contributed by atoms with Crippen LogP contribution in [0.2, 0.25) is 5.02 Å². The van der Waals surface area contributed by atoms with Crippen LogP contribution in [0.1, 0.15) is 19.2 Å². The zero-order chi connectivity index (χ0) is 12.4. The quantitative estimate of drug-likeness (QED) is 0.908. The molecule has 0 aliphatic rings. The Balaban J connectivity index is 2.42. The molecule has 4 heteroatoms. The molecular formula is C13H18ClN3. The molecule has 1 heterocycles. The molecule has 1 aromatic heterocycles. The first-order valence-electron chi connectivity index (χ1n) is 5.97. The van der Waals surface area contributed by atoms with Crippen LogP contribution in [0, 0.1) is 5.92 Å². The second-order valence-corrected chi connectivity index (χ2v) is 4.82. The van der Waals surface area contributed by atoms with Crippen LogP contribution in [-0.4, -0.2) is 16.1 Å². The zero-order valence-corrected chi connectivity index (χ0v) is 11.0. The van der Waals surface area contributed by atoms with E-state index in [0.717, 1.165) is 34.7 Å². The second kappa shape index (κ2) is 5.07. The molecule has 0 fully saturated rings. The van der Waals surface area contributed by atoms with Gasteiger partial charge in [-0.05, 0) is 24.6 Å². The van der Waals surface area contributed by atoms with E-state index in [1.807, 2.05) is 25.2 Å². The molecule has 1 atom stereocenters. The summed E-state index contributed by atoms with van der Waals surface area (Å²) in [5.74, 6) is 1.55. The highest BCUT2D eigenvalue weighted by atomic mass is 35.5. The Bertz CT molecular complexity index is 515. The lowest BCUT2D eigenvalue weighted by Crippen LogP contribution is -2.17. The van der Waals surface area contributed by atoms with E-state index in [0.29, 0.717) is 12.5 Å². The number of rotatable bonds is 4. The van der Waals surface area contributed by atoms with Crippen LogP contribution in [0.3, 0.4) is 0 Å². The Labute approximate surface area is 107 Å². The SMILES string of the molecule is CCC(CN)Cc1nc2cccc(Cl)c2n1C. The predicted octanol–water partition coefficient (Wildman–Crippen LogP) is 2.75. The lowest BCUT2D eigenvalue weighted by Gasteiger charge is -2.11. The molecule has 2 N–H and O–H groups in total. The molecule has 1 unspecified atom stereocenters. The third kappa shape index (κ3) is 2.31. The summed E-state index contributed by atoms with van der Waals surface area (Å²) in [6.07, 6.45) is 1.99. The molecule has 0 amide bonds. The molecule has 0 aliphatic heterocycles. The topological polar surface area (TPSA) is 43.8 Å². The van der Waals surface area contributed by atoms with Crippen molar-refractivity contribution in [3.05, 3.63) is 29.0 Å². The number of aryl methyl sites for hydroxylation is 1. The van der Waals surface area contributed by atoms with E-state index in [-0.39, 0.29) is 0 Å². The first kappa shape index (κ1) is 12.4. The summed E-state index contributed by atoms with van der Waals surface area (Å²) in [5, 5.41) is 0.754. The van der Waals surface area contributed by atoms with Gasteiger partial charge >= 0.3 is 0 Å². The molecule has 0 bridgehead atoms. The van der Waals surface area contributed by atoms with Gasteiger partial charge in [0.15, 0.2) is 0 Å². The first-order chi connectivity index (χ1) is 8.17. The highest BCUT2D eigenvalue weighted by Gasteiger charge is 2.13. The van der Waals surface area contributed by atoms with Gasteiger partial charge in [0.2, 0.25) is 0 Å². The molecular weight excluding hydrogens is 234 g/mol. The summed E-state index contributed by atoms with van der Waals surface area (Å²) < 4.78 is 2.08. The fourth-order valence-corrected chi connectivity index (χ4v) is 2.40. The lowest BCUT2D eigenvalue weighted by atomic mass is 10.0. The van der Waals surface area contributed by atoms with Gasteiger partial charge in [0, 0.05) is 13.5 Å². The van der Waals surface area contributed by atoms with Crippen LogP contribution < -0.4 is 5.73 Å². The zero-order valence-electron chi connectivity index (χ0n) is 10.3. The normalized spacial score (nSPS) is 13.2. The van der Waals surface area contributed by atoms with Crippen molar-refractivity contribution in [2.75, 3.05) is 6.54 Å². The van der Waals surface area contributed by atoms with Gasteiger partial charge in [-0.25, -0.2) is 4.98 Å². The standard InChI is InChI=1S/C13H18ClN3/c1-3-9(8-15)7-12-16-11-6-4-5-10(14)13(11)17(12)2/h4-6,9H,3,7-8,15H2,1-2H3. The van der Waals surface area contributed by atoms with E-state index in [4.69, 9.17) is 17.3 Å². The van der Waals surface area contributed by atoms with Crippen molar-refractivity contribution in [2.45, 2.75) is 19.8 Å². The molecule has 2 rings (SSSR count). The van der Waals surface area contributed by atoms with E-state index in [1.54, 1.807) is 0 Å². The van der Waals surface area contributed by atoms with Gasteiger partial charge in [-0.1, -0.05) is 31.0 Å². The summed E-state index contributed by atoms with van der Waals surface area (Å²) in [5.41, 5.74) is 7.71. The lowest BCUT2D eigenvalue weighted by molar-refractivity contribution is 0.499. The van der Waals surface area contributed by atoms with Gasteiger partial charge < -0.3 is 10.3 Å². The predicted molar refractivity (Wildman–Crippen MR) is 72.3 cm³/mol. The average Bonchev–Trinajstić information content (AvgIpc) is 2.64. The summed E-state index contributed by atoms with van der Waals surface area (Å²) in [7, 11) is 2.01. The minimum atomic E-state index is 0.490. The average molecular weight is 252 g/mol. The monoisotopic (exact) mass is 251 g/mol. The first-order valence-corrected chi connectivity index (χ1v) is 6.35. The van der Waals surface area contributed by atoms with E-state index in [9.17, 15) is 0 Å². The fraction of sp³-hybridized carbons (Fsp3) is 0.462. The van der Waals surface area contributed by atoms with Gasteiger partial charge in [-0.2, -0.15) is 0 Å². The number of aromatic nitrogens is 2. The van der Waals surface area contributed by atoms with Gasteiger partial charge in [0.25, 0.3) is 0 Å². The fourth-order valence-electron chi connectivity index (χ4n) is 2.10. The molecule has 0 saturated carbocycles. The minimum Gasteiger partial charge on any atom is -0.330 e. The third-order valence-electron chi connectivity index (χ3n) is 3.32. The number of fused-ring (bicyclic) bond motifs is 1. The number of para-hydroxylation sites is 1. The number of imidazole rings is 1. The Kier molecular flexibility index (Phi) is 3.69. The molecule has 17 heavy (non-hydrogen) atoms. The second-order valence-electron chi connectivity index (χ2n) is 4.41. The van der Waals surface area contributed by atoms with E-state index >= 15 is 0 Å². The van der Waals surface area contributed by atoms with Crippen LogP contribution in [-0.2, 0) is 13.5 Å². The summed E-state index contributed by atoms with van der Waals surface area (Å²) in [6, 6.07) is 5.82.